The SMILES string of the molecule is COc1cc(O)ccc1-c1cc(C)c2cc(N3CCN(C)CC3)ccc2n1. The largest absolute Gasteiger partial charge is 0.508 e. The normalized spacial score (nSPS) is 15.3. The number of pyridine rings is 1. The van der Waals surface area contributed by atoms with E-state index in [-0.39, 0.29) is 5.75 Å². The molecule has 2 aromatic carbocycles. The van der Waals surface area contributed by atoms with Crippen LogP contribution < -0.4 is 9.64 Å². The second-order valence-corrected chi connectivity index (χ2v) is 7.20. The molecule has 2 heterocycles. The summed E-state index contributed by atoms with van der Waals surface area (Å²) in [6.45, 7) is 6.41. The first kappa shape index (κ1) is 17.6. The lowest BCUT2D eigenvalue weighted by molar-refractivity contribution is 0.313. The Balaban J connectivity index is 1.74. The quantitative estimate of drug-likeness (QED) is 0.769. The minimum atomic E-state index is 0.185. The molecule has 0 amide bonds. The van der Waals surface area contributed by atoms with Crippen molar-refractivity contribution < 1.29 is 9.84 Å². The highest BCUT2D eigenvalue weighted by atomic mass is 16.5. The van der Waals surface area contributed by atoms with Gasteiger partial charge in [-0.25, -0.2) is 4.98 Å². The van der Waals surface area contributed by atoms with Gasteiger partial charge in [0.1, 0.15) is 11.5 Å². The highest BCUT2D eigenvalue weighted by molar-refractivity contribution is 5.88. The number of phenolic OH excluding ortho intramolecular Hbond substituents is 1. The van der Waals surface area contributed by atoms with Crippen LogP contribution in [0.25, 0.3) is 22.2 Å². The van der Waals surface area contributed by atoms with E-state index < -0.39 is 0 Å². The van der Waals surface area contributed by atoms with Gasteiger partial charge in [0.2, 0.25) is 0 Å². The van der Waals surface area contributed by atoms with Gasteiger partial charge in [-0.05, 0) is 55.9 Å². The number of nitrogens with zero attached hydrogens (tertiary/aromatic N) is 3. The molecule has 5 heteroatoms. The van der Waals surface area contributed by atoms with E-state index in [0.717, 1.165) is 43.0 Å². The summed E-state index contributed by atoms with van der Waals surface area (Å²) in [6, 6.07) is 13.7. The topological polar surface area (TPSA) is 48.8 Å². The number of fused-ring (bicyclic) bond motifs is 1. The number of ether oxygens (including phenoxy) is 1. The summed E-state index contributed by atoms with van der Waals surface area (Å²) in [5, 5.41) is 10.9. The molecule has 27 heavy (non-hydrogen) atoms. The van der Waals surface area contributed by atoms with Crippen LogP contribution in [0.5, 0.6) is 11.5 Å². The molecule has 140 valence electrons. The van der Waals surface area contributed by atoms with Gasteiger partial charge >= 0.3 is 0 Å². The van der Waals surface area contributed by atoms with Crippen molar-refractivity contribution in [3.63, 3.8) is 0 Å². The molecule has 1 aromatic heterocycles. The van der Waals surface area contributed by atoms with Crippen molar-refractivity contribution in [2.45, 2.75) is 6.92 Å². The van der Waals surface area contributed by atoms with E-state index in [1.54, 1.807) is 19.2 Å². The number of phenols is 1. The van der Waals surface area contributed by atoms with Crippen molar-refractivity contribution in [2.24, 2.45) is 0 Å². The number of aromatic hydroxyl groups is 1. The fourth-order valence-electron chi connectivity index (χ4n) is 3.67. The van der Waals surface area contributed by atoms with Gasteiger partial charge in [0.25, 0.3) is 0 Å². The summed E-state index contributed by atoms with van der Waals surface area (Å²) in [7, 11) is 3.78. The summed E-state index contributed by atoms with van der Waals surface area (Å²) in [6.07, 6.45) is 0. The van der Waals surface area contributed by atoms with Gasteiger partial charge in [-0.2, -0.15) is 0 Å². The maximum absolute atomic E-state index is 9.70. The molecule has 0 aliphatic carbocycles. The number of anilines is 1. The number of rotatable bonds is 3. The van der Waals surface area contributed by atoms with E-state index in [4.69, 9.17) is 9.72 Å². The Morgan fingerprint density at radius 2 is 1.78 bits per heavy atom. The van der Waals surface area contributed by atoms with Crippen LogP contribution in [-0.4, -0.2) is 55.3 Å². The number of aryl methyl sites for hydroxylation is 1. The Labute approximate surface area is 159 Å². The molecule has 1 aliphatic heterocycles. The van der Waals surface area contributed by atoms with Crippen molar-refractivity contribution >= 4 is 16.6 Å². The van der Waals surface area contributed by atoms with E-state index in [2.05, 4.69) is 48.0 Å². The first-order chi connectivity index (χ1) is 13.0. The number of aromatic nitrogens is 1. The Kier molecular flexibility index (Phi) is 4.62. The summed E-state index contributed by atoms with van der Waals surface area (Å²) in [5.74, 6) is 0.806. The Hall–Kier alpha value is -2.79. The Morgan fingerprint density at radius 1 is 1.00 bits per heavy atom. The Morgan fingerprint density at radius 3 is 2.52 bits per heavy atom. The highest BCUT2D eigenvalue weighted by Crippen LogP contribution is 2.34. The van der Waals surface area contributed by atoms with Gasteiger partial charge < -0.3 is 19.6 Å². The first-order valence-electron chi connectivity index (χ1n) is 9.27. The van der Waals surface area contributed by atoms with Crippen LogP contribution in [0.4, 0.5) is 5.69 Å². The lowest BCUT2D eigenvalue weighted by atomic mass is 10.0. The smallest absolute Gasteiger partial charge is 0.131 e. The van der Waals surface area contributed by atoms with E-state index >= 15 is 0 Å². The number of hydrogen-bond donors (Lipinski definition) is 1. The second kappa shape index (κ2) is 7.08. The third-order valence-electron chi connectivity index (χ3n) is 5.33. The molecule has 0 spiro atoms. The molecule has 0 atom stereocenters. The van der Waals surface area contributed by atoms with E-state index in [1.165, 1.54) is 16.6 Å². The molecule has 0 bridgehead atoms. The molecular weight excluding hydrogens is 338 g/mol. The van der Waals surface area contributed by atoms with Crippen molar-refractivity contribution in [3.05, 3.63) is 48.0 Å². The molecule has 1 aliphatic rings. The van der Waals surface area contributed by atoms with Gasteiger partial charge in [-0.15, -0.1) is 0 Å². The molecular formula is C22H25N3O2. The predicted molar refractivity (Wildman–Crippen MR) is 110 cm³/mol. The third-order valence-corrected chi connectivity index (χ3v) is 5.33. The number of likely N-dealkylation sites (N-methyl/N-ethyl adjacent to an activating group) is 1. The average Bonchev–Trinajstić information content (AvgIpc) is 2.68. The maximum Gasteiger partial charge on any atom is 0.131 e. The van der Waals surface area contributed by atoms with Crippen molar-refractivity contribution in [1.29, 1.82) is 0 Å². The monoisotopic (exact) mass is 363 g/mol. The summed E-state index contributed by atoms with van der Waals surface area (Å²) in [4.78, 5) is 9.66. The van der Waals surface area contributed by atoms with E-state index in [9.17, 15) is 5.11 Å². The molecule has 4 rings (SSSR count). The molecule has 1 saturated heterocycles. The predicted octanol–water partition coefficient (Wildman–Crippen LogP) is 3.68. The maximum atomic E-state index is 9.70. The number of hydrogen-bond acceptors (Lipinski definition) is 5. The van der Waals surface area contributed by atoms with Crippen LogP contribution >= 0.6 is 0 Å². The minimum absolute atomic E-state index is 0.185. The zero-order valence-corrected chi connectivity index (χ0v) is 16.1. The number of piperazine rings is 1. The lowest BCUT2D eigenvalue weighted by Crippen LogP contribution is -2.44. The van der Waals surface area contributed by atoms with Crippen LogP contribution in [-0.2, 0) is 0 Å². The average molecular weight is 363 g/mol. The van der Waals surface area contributed by atoms with Crippen LogP contribution in [0, 0.1) is 6.92 Å². The molecule has 0 saturated carbocycles. The fourth-order valence-corrected chi connectivity index (χ4v) is 3.67. The van der Waals surface area contributed by atoms with Crippen LogP contribution in [0.15, 0.2) is 42.5 Å². The molecule has 3 aromatic rings. The zero-order chi connectivity index (χ0) is 19.0. The van der Waals surface area contributed by atoms with Gasteiger partial charge in [0.05, 0.1) is 18.3 Å². The zero-order valence-electron chi connectivity index (χ0n) is 16.1. The van der Waals surface area contributed by atoms with Crippen molar-refractivity contribution in [3.8, 4) is 22.8 Å². The van der Waals surface area contributed by atoms with E-state index in [0.29, 0.717) is 5.75 Å². The highest BCUT2D eigenvalue weighted by Gasteiger charge is 2.16. The van der Waals surface area contributed by atoms with E-state index in [1.807, 2.05) is 6.07 Å². The summed E-state index contributed by atoms with van der Waals surface area (Å²) >= 11 is 0. The molecule has 0 unspecified atom stereocenters. The van der Waals surface area contributed by atoms with Crippen LogP contribution in [0.2, 0.25) is 0 Å². The number of methoxy groups -OCH3 is 1. The molecule has 1 N–H and O–H groups in total. The van der Waals surface area contributed by atoms with Gasteiger partial charge in [0, 0.05) is 48.9 Å². The molecule has 0 radical (unpaired) electrons. The molecule has 1 fully saturated rings. The minimum Gasteiger partial charge on any atom is -0.508 e. The first-order valence-corrected chi connectivity index (χ1v) is 9.27. The summed E-state index contributed by atoms with van der Waals surface area (Å²) in [5.41, 5.74) is 5.14. The fraction of sp³-hybridized carbons (Fsp3) is 0.318. The van der Waals surface area contributed by atoms with Crippen LogP contribution in [0.3, 0.4) is 0 Å². The summed E-state index contributed by atoms with van der Waals surface area (Å²) < 4.78 is 5.43. The third kappa shape index (κ3) is 3.43. The van der Waals surface area contributed by atoms with Crippen LogP contribution in [0.1, 0.15) is 5.56 Å². The standard InChI is InChI=1S/C22H25N3O2/c1-15-12-21(18-6-5-17(26)14-22(18)27-3)23-20-7-4-16(13-19(15)20)25-10-8-24(2)9-11-25/h4-7,12-14,26H,8-11H2,1-3H3. The van der Waals surface area contributed by atoms with Gasteiger partial charge in [-0.1, -0.05) is 0 Å². The van der Waals surface area contributed by atoms with Gasteiger partial charge in [-0.3, -0.25) is 0 Å². The Bertz CT molecular complexity index is 979. The van der Waals surface area contributed by atoms with Crippen molar-refractivity contribution in [2.75, 3.05) is 45.2 Å². The van der Waals surface area contributed by atoms with Gasteiger partial charge in [0.15, 0.2) is 0 Å². The second-order valence-electron chi connectivity index (χ2n) is 7.20. The van der Waals surface area contributed by atoms with Crippen molar-refractivity contribution in [1.82, 2.24) is 9.88 Å². The molecule has 5 nitrogen and oxygen atoms in total. The number of benzene rings is 2. The lowest BCUT2D eigenvalue weighted by Gasteiger charge is -2.34.